The Morgan fingerprint density at radius 1 is 1.35 bits per heavy atom. The number of nitrogens with zero attached hydrogens (tertiary/aromatic N) is 3. The topological polar surface area (TPSA) is 42.7 Å². The Balaban J connectivity index is 2.11. The van der Waals surface area contributed by atoms with Gasteiger partial charge in [0, 0.05) is 23.5 Å². The van der Waals surface area contributed by atoms with Crippen LogP contribution in [0.25, 0.3) is 0 Å². The van der Waals surface area contributed by atoms with Crippen molar-refractivity contribution in [2.45, 2.75) is 52.1 Å². The molecular formula is C15H24N4S. The number of hydrogen-bond acceptors (Lipinski definition) is 4. The highest BCUT2D eigenvalue weighted by Crippen LogP contribution is 2.25. The Bertz CT molecular complexity index is 527. The van der Waals surface area contributed by atoms with E-state index in [1.807, 2.05) is 12.6 Å². The van der Waals surface area contributed by atoms with Crippen LogP contribution in [0.5, 0.6) is 0 Å². The van der Waals surface area contributed by atoms with Gasteiger partial charge in [-0.3, -0.25) is 4.68 Å². The van der Waals surface area contributed by atoms with Gasteiger partial charge in [-0.05, 0) is 32.9 Å². The van der Waals surface area contributed by atoms with Gasteiger partial charge in [0.1, 0.15) is 0 Å². The molecule has 2 heterocycles. The maximum atomic E-state index is 4.74. The molecule has 0 spiro atoms. The lowest BCUT2D eigenvalue weighted by molar-refractivity contribution is 0.423. The van der Waals surface area contributed by atoms with E-state index in [2.05, 4.69) is 48.0 Å². The fourth-order valence-electron chi connectivity index (χ4n) is 2.53. The zero-order valence-electron chi connectivity index (χ0n) is 12.8. The molecule has 0 radical (unpaired) electrons. The van der Waals surface area contributed by atoms with Crippen LogP contribution in [0.15, 0.2) is 17.8 Å². The van der Waals surface area contributed by atoms with Crippen molar-refractivity contribution >= 4 is 11.3 Å². The minimum Gasteiger partial charge on any atom is -0.312 e. The van der Waals surface area contributed by atoms with Gasteiger partial charge in [-0.15, -0.1) is 11.3 Å². The van der Waals surface area contributed by atoms with Gasteiger partial charge in [0.15, 0.2) is 0 Å². The molecule has 0 aliphatic carbocycles. The van der Waals surface area contributed by atoms with Gasteiger partial charge in [0.2, 0.25) is 0 Å². The van der Waals surface area contributed by atoms with E-state index in [0.29, 0.717) is 12.1 Å². The number of aromatic nitrogens is 3. The Hall–Kier alpha value is -1.20. The molecule has 0 saturated carbocycles. The summed E-state index contributed by atoms with van der Waals surface area (Å²) < 4.78 is 2.11. The number of thiazole rings is 1. The summed E-state index contributed by atoms with van der Waals surface area (Å²) >= 11 is 1.72. The molecule has 110 valence electrons. The summed E-state index contributed by atoms with van der Waals surface area (Å²) in [4.78, 5) is 5.65. The second-order valence-corrected chi connectivity index (χ2v) is 5.99. The molecular weight excluding hydrogens is 268 g/mol. The highest BCUT2D eigenvalue weighted by atomic mass is 32.1. The van der Waals surface area contributed by atoms with Crippen molar-refractivity contribution in [3.05, 3.63) is 34.0 Å². The number of likely N-dealkylation sites (N-methyl/N-ethyl adjacent to an activating group) is 1. The average Bonchev–Trinajstić information content (AvgIpc) is 3.07. The van der Waals surface area contributed by atoms with Crippen molar-refractivity contribution in [2.24, 2.45) is 0 Å². The third-order valence-corrected chi connectivity index (χ3v) is 4.89. The van der Waals surface area contributed by atoms with Crippen LogP contribution >= 0.6 is 11.3 Å². The van der Waals surface area contributed by atoms with Gasteiger partial charge in [0.25, 0.3) is 0 Å². The lowest BCUT2D eigenvalue weighted by atomic mass is 10.1. The van der Waals surface area contributed by atoms with E-state index in [1.54, 1.807) is 11.3 Å². The van der Waals surface area contributed by atoms with Gasteiger partial charge in [-0.1, -0.05) is 13.8 Å². The predicted molar refractivity (Wildman–Crippen MR) is 84.2 cm³/mol. The summed E-state index contributed by atoms with van der Waals surface area (Å²) in [6.45, 7) is 6.50. The molecule has 0 saturated heterocycles. The highest BCUT2D eigenvalue weighted by molar-refractivity contribution is 7.09. The van der Waals surface area contributed by atoms with Crippen molar-refractivity contribution in [1.82, 2.24) is 20.1 Å². The Morgan fingerprint density at radius 2 is 2.10 bits per heavy atom. The molecule has 0 bridgehead atoms. The third kappa shape index (κ3) is 3.27. The molecule has 0 aliphatic rings. The first-order valence-corrected chi connectivity index (χ1v) is 8.18. The molecule has 0 amide bonds. The van der Waals surface area contributed by atoms with Crippen LogP contribution in [0.4, 0.5) is 0 Å². The van der Waals surface area contributed by atoms with E-state index in [-0.39, 0.29) is 0 Å². The van der Waals surface area contributed by atoms with Gasteiger partial charge >= 0.3 is 0 Å². The molecule has 0 aromatic carbocycles. The lowest BCUT2D eigenvalue weighted by Crippen LogP contribution is -2.19. The van der Waals surface area contributed by atoms with E-state index in [0.717, 1.165) is 30.7 Å². The molecule has 4 nitrogen and oxygen atoms in total. The minimum absolute atomic E-state index is 0.299. The van der Waals surface area contributed by atoms with E-state index >= 15 is 0 Å². The van der Waals surface area contributed by atoms with Gasteiger partial charge in [-0.2, -0.15) is 5.10 Å². The Kier molecular flexibility index (Phi) is 5.31. The summed E-state index contributed by atoms with van der Waals surface area (Å²) in [5.41, 5.74) is 4.18. The maximum Gasteiger partial charge on any atom is 0.0798 e. The fourth-order valence-corrected chi connectivity index (χ4v) is 3.45. The zero-order valence-corrected chi connectivity index (χ0v) is 13.6. The first-order valence-electron chi connectivity index (χ1n) is 7.30. The standard InChI is InChI=1S/C15H24N4S/c1-5-13(6-2)19-8-7-12(18-19)9-14(16-4)15-11(3)17-10-20-15/h7-8,10,13-14,16H,5-6,9H2,1-4H3. The normalized spacial score (nSPS) is 13.1. The van der Waals surface area contributed by atoms with E-state index in [1.165, 1.54) is 4.88 Å². The third-order valence-electron chi connectivity index (χ3n) is 3.84. The molecule has 0 aliphatic heterocycles. The number of aryl methyl sites for hydroxylation is 1. The van der Waals surface area contributed by atoms with E-state index in [9.17, 15) is 0 Å². The van der Waals surface area contributed by atoms with Crippen molar-refractivity contribution in [3.8, 4) is 0 Å². The van der Waals surface area contributed by atoms with Crippen molar-refractivity contribution in [3.63, 3.8) is 0 Å². The number of nitrogens with one attached hydrogen (secondary N) is 1. The van der Waals surface area contributed by atoms with Crippen molar-refractivity contribution < 1.29 is 0 Å². The molecule has 1 atom stereocenters. The SMILES string of the molecule is CCC(CC)n1ccc(CC(NC)c2scnc2C)n1. The predicted octanol–water partition coefficient (Wildman–Crippen LogP) is 3.51. The Morgan fingerprint density at radius 3 is 2.65 bits per heavy atom. The summed E-state index contributed by atoms with van der Waals surface area (Å²) in [5, 5.41) is 8.12. The molecule has 5 heteroatoms. The van der Waals surface area contributed by atoms with Crippen LogP contribution in [-0.2, 0) is 6.42 Å². The molecule has 0 fully saturated rings. The second kappa shape index (κ2) is 6.99. The first kappa shape index (κ1) is 15.2. The van der Waals surface area contributed by atoms with Crippen LogP contribution < -0.4 is 5.32 Å². The summed E-state index contributed by atoms with van der Waals surface area (Å²) in [5.74, 6) is 0. The minimum atomic E-state index is 0.299. The Labute approximate surface area is 125 Å². The maximum absolute atomic E-state index is 4.74. The van der Waals surface area contributed by atoms with Gasteiger partial charge < -0.3 is 5.32 Å². The average molecular weight is 292 g/mol. The smallest absolute Gasteiger partial charge is 0.0798 e. The number of rotatable bonds is 7. The van der Waals surface area contributed by atoms with E-state index < -0.39 is 0 Å². The molecule has 2 rings (SSSR count). The molecule has 1 N–H and O–H groups in total. The first-order chi connectivity index (χ1) is 9.69. The lowest BCUT2D eigenvalue weighted by Gasteiger charge is -2.15. The molecule has 2 aromatic rings. The van der Waals surface area contributed by atoms with Crippen LogP contribution in [0.1, 0.15) is 55.0 Å². The second-order valence-electron chi connectivity index (χ2n) is 5.10. The summed E-state index contributed by atoms with van der Waals surface area (Å²) in [6, 6.07) is 2.95. The summed E-state index contributed by atoms with van der Waals surface area (Å²) in [6.07, 6.45) is 5.27. The van der Waals surface area contributed by atoms with Gasteiger partial charge in [-0.25, -0.2) is 4.98 Å². The van der Waals surface area contributed by atoms with Crippen LogP contribution in [0, 0.1) is 6.92 Å². The van der Waals surface area contributed by atoms with E-state index in [4.69, 9.17) is 5.10 Å². The molecule has 20 heavy (non-hydrogen) atoms. The van der Waals surface area contributed by atoms with Crippen LogP contribution in [-0.4, -0.2) is 21.8 Å². The fraction of sp³-hybridized carbons (Fsp3) is 0.600. The zero-order chi connectivity index (χ0) is 14.5. The largest absolute Gasteiger partial charge is 0.312 e. The van der Waals surface area contributed by atoms with Crippen molar-refractivity contribution in [1.29, 1.82) is 0 Å². The molecule has 1 unspecified atom stereocenters. The monoisotopic (exact) mass is 292 g/mol. The van der Waals surface area contributed by atoms with Crippen LogP contribution in [0.3, 0.4) is 0 Å². The number of hydrogen-bond donors (Lipinski definition) is 1. The quantitative estimate of drug-likeness (QED) is 0.849. The van der Waals surface area contributed by atoms with Gasteiger partial charge in [0.05, 0.1) is 22.9 Å². The van der Waals surface area contributed by atoms with Crippen molar-refractivity contribution in [2.75, 3.05) is 7.05 Å². The summed E-state index contributed by atoms with van der Waals surface area (Å²) in [7, 11) is 2.00. The van der Waals surface area contributed by atoms with Crippen LogP contribution in [0.2, 0.25) is 0 Å². The molecule has 2 aromatic heterocycles. The highest BCUT2D eigenvalue weighted by Gasteiger charge is 2.17.